The molecule has 110 valence electrons. The summed E-state index contributed by atoms with van der Waals surface area (Å²) in [5.74, 6) is 0. The maximum absolute atomic E-state index is 6.01. The molecule has 1 aromatic carbocycles. The number of nitrogens with one attached hydrogen (secondary N) is 1. The Balaban J connectivity index is 2.09. The third kappa shape index (κ3) is 2.99. The van der Waals surface area contributed by atoms with Crippen molar-refractivity contribution in [1.82, 2.24) is 10.3 Å². The van der Waals surface area contributed by atoms with Crippen LogP contribution >= 0.6 is 0 Å². The van der Waals surface area contributed by atoms with Crippen LogP contribution < -0.4 is 5.32 Å². The van der Waals surface area contributed by atoms with Gasteiger partial charge in [-0.25, -0.2) is 0 Å². The molecule has 0 unspecified atom stereocenters. The Labute approximate surface area is 126 Å². The lowest BCUT2D eigenvalue weighted by Crippen LogP contribution is -2.20. The normalized spacial score (nSPS) is 18.1. The van der Waals surface area contributed by atoms with Gasteiger partial charge in [-0.15, -0.1) is 0 Å². The van der Waals surface area contributed by atoms with Crippen molar-refractivity contribution in [3.8, 4) is 11.1 Å². The Morgan fingerprint density at radius 1 is 1.33 bits per heavy atom. The molecular weight excluding hydrogens is 260 g/mol. The lowest BCUT2D eigenvalue weighted by Gasteiger charge is -2.19. The van der Waals surface area contributed by atoms with Crippen LogP contribution in [0.5, 0.6) is 0 Å². The van der Waals surface area contributed by atoms with Gasteiger partial charge in [-0.1, -0.05) is 18.2 Å². The van der Waals surface area contributed by atoms with Gasteiger partial charge in [0.1, 0.15) is 0 Å². The van der Waals surface area contributed by atoms with Gasteiger partial charge in [-0.3, -0.25) is 4.98 Å². The zero-order valence-electron chi connectivity index (χ0n) is 12.7. The van der Waals surface area contributed by atoms with E-state index < -0.39 is 0 Å². The molecule has 1 aromatic heterocycles. The highest BCUT2D eigenvalue weighted by Gasteiger charge is 2.21. The van der Waals surface area contributed by atoms with Crippen LogP contribution in [0.2, 0.25) is 0 Å². The summed E-state index contributed by atoms with van der Waals surface area (Å²) < 4.78 is 6.01. The smallest absolute Gasteiger partial charge is 0.0951 e. The van der Waals surface area contributed by atoms with Gasteiger partial charge in [0.15, 0.2) is 0 Å². The molecule has 1 N–H and O–H groups in total. The standard InChI is InChI=1S/C18H22N2O/c1-13-11-14(8-9-20-13)15-5-3-6-17-16(15)7-4-10-21-18(17)12-19-2/h3,5-6,8-9,11,18-19H,4,7,10,12H2,1-2H3/t18-/m1/s1. The maximum Gasteiger partial charge on any atom is 0.0951 e. The molecule has 0 saturated carbocycles. The first kappa shape index (κ1) is 14.2. The van der Waals surface area contributed by atoms with Crippen LogP contribution in [0.1, 0.15) is 29.3 Å². The second-order valence-corrected chi connectivity index (χ2v) is 5.58. The molecule has 3 nitrogen and oxygen atoms in total. The minimum absolute atomic E-state index is 0.149. The molecule has 1 aliphatic heterocycles. The van der Waals surface area contributed by atoms with Crippen molar-refractivity contribution in [3.63, 3.8) is 0 Å². The highest BCUT2D eigenvalue weighted by molar-refractivity contribution is 5.69. The zero-order chi connectivity index (χ0) is 14.7. The first-order chi connectivity index (χ1) is 10.3. The van der Waals surface area contributed by atoms with Crippen LogP contribution in [0.25, 0.3) is 11.1 Å². The van der Waals surface area contributed by atoms with E-state index in [1.54, 1.807) is 0 Å². The number of rotatable bonds is 3. The highest BCUT2D eigenvalue weighted by Crippen LogP contribution is 2.33. The van der Waals surface area contributed by atoms with Gasteiger partial charge in [-0.2, -0.15) is 0 Å². The lowest BCUT2D eigenvalue weighted by molar-refractivity contribution is 0.0579. The van der Waals surface area contributed by atoms with E-state index >= 15 is 0 Å². The van der Waals surface area contributed by atoms with Gasteiger partial charge in [0.25, 0.3) is 0 Å². The lowest BCUT2D eigenvalue weighted by atomic mass is 9.91. The monoisotopic (exact) mass is 282 g/mol. The Kier molecular flexibility index (Phi) is 4.32. The number of aryl methyl sites for hydroxylation is 1. The minimum Gasteiger partial charge on any atom is -0.372 e. The number of benzene rings is 1. The van der Waals surface area contributed by atoms with E-state index in [1.165, 1.54) is 22.3 Å². The largest absolute Gasteiger partial charge is 0.372 e. The number of likely N-dealkylation sites (N-methyl/N-ethyl adjacent to an activating group) is 1. The molecule has 3 heteroatoms. The SMILES string of the molecule is CNC[C@H]1OCCCc2c(-c3ccnc(C)c3)cccc21. The first-order valence-corrected chi connectivity index (χ1v) is 7.60. The second-order valence-electron chi connectivity index (χ2n) is 5.58. The van der Waals surface area contributed by atoms with Gasteiger partial charge in [0, 0.05) is 25.0 Å². The van der Waals surface area contributed by atoms with Crippen molar-refractivity contribution in [2.75, 3.05) is 20.2 Å². The van der Waals surface area contributed by atoms with Crippen LogP contribution in [-0.4, -0.2) is 25.2 Å². The van der Waals surface area contributed by atoms with Crippen molar-refractivity contribution in [1.29, 1.82) is 0 Å². The zero-order valence-corrected chi connectivity index (χ0v) is 12.7. The number of ether oxygens (including phenoxy) is 1. The summed E-state index contributed by atoms with van der Waals surface area (Å²) in [6.45, 7) is 3.72. The average Bonchev–Trinajstić information content (AvgIpc) is 2.70. The van der Waals surface area contributed by atoms with Crippen molar-refractivity contribution in [2.45, 2.75) is 25.9 Å². The van der Waals surface area contributed by atoms with E-state index in [2.05, 4.69) is 40.6 Å². The number of fused-ring (bicyclic) bond motifs is 1. The highest BCUT2D eigenvalue weighted by atomic mass is 16.5. The third-order valence-electron chi connectivity index (χ3n) is 4.05. The van der Waals surface area contributed by atoms with Crippen LogP contribution in [0.3, 0.4) is 0 Å². The fourth-order valence-electron chi connectivity index (χ4n) is 3.09. The Bertz CT molecular complexity index is 624. The summed E-state index contributed by atoms with van der Waals surface area (Å²) in [4.78, 5) is 4.31. The molecule has 0 saturated heterocycles. The molecule has 1 atom stereocenters. The topological polar surface area (TPSA) is 34.1 Å². The van der Waals surface area contributed by atoms with Crippen LogP contribution in [0.15, 0.2) is 36.5 Å². The van der Waals surface area contributed by atoms with Crippen LogP contribution in [0, 0.1) is 6.92 Å². The molecule has 0 radical (unpaired) electrons. The molecule has 0 spiro atoms. The molecule has 0 bridgehead atoms. The van der Waals surface area contributed by atoms with Crippen molar-refractivity contribution in [3.05, 3.63) is 53.3 Å². The van der Waals surface area contributed by atoms with Gasteiger partial charge in [-0.05, 0) is 61.2 Å². The molecule has 3 rings (SSSR count). The molecule has 0 amide bonds. The van der Waals surface area contributed by atoms with Gasteiger partial charge >= 0.3 is 0 Å². The van der Waals surface area contributed by atoms with E-state index in [-0.39, 0.29) is 6.10 Å². The quantitative estimate of drug-likeness (QED) is 0.938. The number of pyridine rings is 1. The summed E-state index contributed by atoms with van der Waals surface area (Å²) in [6, 6.07) is 10.8. The molecule has 0 fully saturated rings. The molecular formula is C18H22N2O. The van der Waals surface area contributed by atoms with Crippen molar-refractivity contribution >= 4 is 0 Å². The minimum atomic E-state index is 0.149. The molecule has 2 aromatic rings. The maximum atomic E-state index is 6.01. The predicted octanol–water partition coefficient (Wildman–Crippen LogP) is 3.28. The summed E-state index contributed by atoms with van der Waals surface area (Å²) in [7, 11) is 1.98. The number of hydrogen-bond acceptors (Lipinski definition) is 3. The fraction of sp³-hybridized carbons (Fsp3) is 0.389. The van der Waals surface area contributed by atoms with Crippen molar-refractivity contribution in [2.24, 2.45) is 0 Å². The summed E-state index contributed by atoms with van der Waals surface area (Å²) in [5.41, 5.74) is 6.39. The first-order valence-electron chi connectivity index (χ1n) is 7.60. The second kappa shape index (κ2) is 6.37. The fourth-order valence-corrected chi connectivity index (χ4v) is 3.09. The molecule has 21 heavy (non-hydrogen) atoms. The summed E-state index contributed by atoms with van der Waals surface area (Å²) in [5, 5.41) is 3.24. The average molecular weight is 282 g/mol. The van der Waals surface area contributed by atoms with E-state index in [4.69, 9.17) is 4.74 Å². The summed E-state index contributed by atoms with van der Waals surface area (Å²) in [6.07, 6.45) is 4.19. The van der Waals surface area contributed by atoms with E-state index in [9.17, 15) is 0 Å². The van der Waals surface area contributed by atoms with Crippen LogP contribution in [-0.2, 0) is 11.2 Å². The number of aromatic nitrogens is 1. The molecule has 0 aliphatic carbocycles. The molecule has 1 aliphatic rings. The van der Waals surface area contributed by atoms with Crippen molar-refractivity contribution < 1.29 is 4.74 Å². The van der Waals surface area contributed by atoms with Gasteiger partial charge in [0.2, 0.25) is 0 Å². The molecule has 2 heterocycles. The van der Waals surface area contributed by atoms with Gasteiger partial charge < -0.3 is 10.1 Å². The Hall–Kier alpha value is -1.71. The Morgan fingerprint density at radius 2 is 2.24 bits per heavy atom. The third-order valence-corrected chi connectivity index (χ3v) is 4.05. The predicted molar refractivity (Wildman–Crippen MR) is 85.4 cm³/mol. The summed E-state index contributed by atoms with van der Waals surface area (Å²) >= 11 is 0. The number of nitrogens with zero attached hydrogens (tertiary/aromatic N) is 1. The number of hydrogen-bond donors (Lipinski definition) is 1. The van der Waals surface area contributed by atoms with Gasteiger partial charge in [0.05, 0.1) is 6.10 Å². The van der Waals surface area contributed by atoms with Crippen LogP contribution in [0.4, 0.5) is 0 Å². The van der Waals surface area contributed by atoms with E-state index in [0.717, 1.165) is 31.7 Å². The van der Waals surface area contributed by atoms with E-state index in [0.29, 0.717) is 0 Å². The van der Waals surface area contributed by atoms with E-state index in [1.807, 2.05) is 20.2 Å². The Morgan fingerprint density at radius 3 is 3.05 bits per heavy atom.